The van der Waals surface area contributed by atoms with Gasteiger partial charge in [-0.3, -0.25) is 9.36 Å². The van der Waals surface area contributed by atoms with Gasteiger partial charge in [-0.15, -0.1) is 10.2 Å². The molecule has 1 saturated heterocycles. The zero-order chi connectivity index (χ0) is 21.8. The number of rotatable bonds is 6. The maximum Gasteiger partial charge on any atom is 0.235 e. The molecule has 162 valence electrons. The Balaban J connectivity index is 1.59. The van der Waals surface area contributed by atoms with Crippen LogP contribution in [0.2, 0.25) is 0 Å². The molecule has 0 saturated carbocycles. The second kappa shape index (κ2) is 9.62. The van der Waals surface area contributed by atoms with E-state index in [1.54, 1.807) is 12.1 Å². The molecule has 1 aliphatic heterocycles. The second-order valence-corrected chi connectivity index (χ2v) is 8.81. The van der Waals surface area contributed by atoms with Crippen LogP contribution in [0.25, 0.3) is 17.1 Å². The van der Waals surface area contributed by atoms with Gasteiger partial charge in [-0.2, -0.15) is 0 Å². The largest absolute Gasteiger partial charge is 0.339 e. The summed E-state index contributed by atoms with van der Waals surface area (Å²) in [4.78, 5) is 17.3. The summed E-state index contributed by atoms with van der Waals surface area (Å²) in [6.07, 6.45) is 0. The third-order valence-corrected chi connectivity index (χ3v) is 6.54. The summed E-state index contributed by atoms with van der Waals surface area (Å²) in [7, 11) is 0. The fraction of sp³-hybridized carbons (Fsp3) is 0.348. The summed E-state index contributed by atoms with van der Waals surface area (Å²) in [5.74, 6) is 0.433. The van der Waals surface area contributed by atoms with Crippen LogP contribution < -0.4 is 0 Å². The minimum absolute atomic E-state index is 0.117. The molecule has 1 aliphatic rings. The molecule has 3 aromatic rings. The molecule has 0 N–H and O–H groups in total. The number of amides is 1. The van der Waals surface area contributed by atoms with Crippen LogP contribution in [0.4, 0.5) is 4.39 Å². The zero-order valence-electron chi connectivity index (χ0n) is 17.7. The number of thioether (sulfide) groups is 1. The first kappa shape index (κ1) is 21.5. The van der Waals surface area contributed by atoms with Crippen LogP contribution in [0.15, 0.2) is 59.8 Å². The number of hydrogen-bond donors (Lipinski definition) is 0. The van der Waals surface area contributed by atoms with Crippen molar-refractivity contribution in [2.45, 2.75) is 24.3 Å². The third kappa shape index (κ3) is 4.80. The van der Waals surface area contributed by atoms with Crippen LogP contribution in [-0.4, -0.2) is 68.4 Å². The number of hydrogen-bond acceptors (Lipinski definition) is 5. The molecule has 0 aliphatic carbocycles. The number of aromatic nitrogens is 3. The third-order valence-electron chi connectivity index (χ3n) is 5.51. The van der Waals surface area contributed by atoms with Crippen LogP contribution in [-0.2, 0) is 4.79 Å². The molecular weight excluding hydrogens is 413 g/mol. The van der Waals surface area contributed by atoms with Crippen molar-refractivity contribution in [3.63, 3.8) is 0 Å². The lowest BCUT2D eigenvalue weighted by Crippen LogP contribution is -2.50. The van der Waals surface area contributed by atoms with E-state index in [4.69, 9.17) is 0 Å². The van der Waals surface area contributed by atoms with E-state index in [1.165, 1.54) is 23.9 Å². The van der Waals surface area contributed by atoms with E-state index in [0.29, 0.717) is 11.0 Å². The lowest BCUT2D eigenvalue weighted by molar-refractivity contribution is -0.132. The highest BCUT2D eigenvalue weighted by molar-refractivity contribution is 8.00. The lowest BCUT2D eigenvalue weighted by atomic mass is 10.2. The van der Waals surface area contributed by atoms with Gasteiger partial charge in [0.05, 0.1) is 5.25 Å². The summed E-state index contributed by atoms with van der Waals surface area (Å²) in [5.41, 5.74) is 1.66. The molecule has 1 atom stereocenters. The van der Waals surface area contributed by atoms with Crippen molar-refractivity contribution in [1.29, 1.82) is 0 Å². The first-order chi connectivity index (χ1) is 15.1. The van der Waals surface area contributed by atoms with Crippen LogP contribution in [0.5, 0.6) is 0 Å². The molecule has 31 heavy (non-hydrogen) atoms. The van der Waals surface area contributed by atoms with Crippen LogP contribution >= 0.6 is 11.8 Å². The Morgan fingerprint density at radius 1 is 1.03 bits per heavy atom. The van der Waals surface area contributed by atoms with Crippen molar-refractivity contribution >= 4 is 17.7 Å². The van der Waals surface area contributed by atoms with Crippen molar-refractivity contribution in [1.82, 2.24) is 24.6 Å². The first-order valence-electron chi connectivity index (χ1n) is 10.5. The highest BCUT2D eigenvalue weighted by atomic mass is 32.2. The highest BCUT2D eigenvalue weighted by Gasteiger charge is 2.27. The molecule has 4 rings (SSSR count). The van der Waals surface area contributed by atoms with Crippen molar-refractivity contribution < 1.29 is 9.18 Å². The molecule has 8 heteroatoms. The maximum atomic E-state index is 13.4. The number of benzene rings is 2. The molecule has 1 unspecified atom stereocenters. The number of para-hydroxylation sites is 1. The van der Waals surface area contributed by atoms with Gasteiger partial charge in [0.1, 0.15) is 5.82 Å². The van der Waals surface area contributed by atoms with Gasteiger partial charge in [-0.1, -0.05) is 36.9 Å². The van der Waals surface area contributed by atoms with Crippen molar-refractivity contribution in [3.05, 3.63) is 60.4 Å². The van der Waals surface area contributed by atoms with E-state index in [2.05, 4.69) is 22.0 Å². The molecule has 0 radical (unpaired) electrons. The molecule has 2 heterocycles. The van der Waals surface area contributed by atoms with Crippen molar-refractivity contribution in [2.24, 2.45) is 0 Å². The molecule has 2 aromatic carbocycles. The Morgan fingerprint density at radius 3 is 2.35 bits per heavy atom. The summed E-state index contributed by atoms with van der Waals surface area (Å²) in [6.45, 7) is 8.40. The first-order valence-corrected chi connectivity index (χ1v) is 11.4. The SMILES string of the molecule is CCN1CCN(C(=O)C(C)Sc2nnc(-c3ccc(F)cc3)n2-c2ccccc2)CC1. The van der Waals surface area contributed by atoms with Crippen LogP contribution in [0.3, 0.4) is 0 Å². The van der Waals surface area contributed by atoms with Gasteiger partial charge < -0.3 is 9.80 Å². The normalized spacial score (nSPS) is 15.8. The Kier molecular flexibility index (Phi) is 6.67. The van der Waals surface area contributed by atoms with E-state index in [1.807, 2.05) is 46.7 Å². The standard InChI is InChI=1S/C23H26FN5OS/c1-3-27-13-15-28(16-14-27)22(30)17(2)31-23-26-25-21(18-9-11-19(24)12-10-18)29(23)20-7-5-4-6-8-20/h4-12,17H,3,13-16H2,1-2H3. The topological polar surface area (TPSA) is 54.3 Å². The van der Waals surface area contributed by atoms with E-state index < -0.39 is 0 Å². The molecule has 0 spiro atoms. The molecular formula is C23H26FN5OS. The van der Waals surface area contributed by atoms with Crippen LogP contribution in [0, 0.1) is 5.82 Å². The molecule has 1 aromatic heterocycles. The Hall–Kier alpha value is -2.71. The summed E-state index contributed by atoms with van der Waals surface area (Å²) < 4.78 is 15.4. The van der Waals surface area contributed by atoms with Gasteiger partial charge in [0, 0.05) is 37.4 Å². The van der Waals surface area contributed by atoms with Crippen molar-refractivity contribution in [2.75, 3.05) is 32.7 Å². The van der Waals surface area contributed by atoms with Crippen molar-refractivity contribution in [3.8, 4) is 17.1 Å². The molecule has 1 fully saturated rings. The highest BCUT2D eigenvalue weighted by Crippen LogP contribution is 2.31. The second-order valence-electron chi connectivity index (χ2n) is 7.50. The minimum atomic E-state index is -0.300. The Morgan fingerprint density at radius 2 is 1.71 bits per heavy atom. The van der Waals surface area contributed by atoms with E-state index in [9.17, 15) is 9.18 Å². The van der Waals surface area contributed by atoms with Gasteiger partial charge in [0.2, 0.25) is 5.91 Å². The zero-order valence-corrected chi connectivity index (χ0v) is 18.6. The van der Waals surface area contributed by atoms with Gasteiger partial charge in [0.25, 0.3) is 0 Å². The smallest absolute Gasteiger partial charge is 0.235 e. The number of likely N-dealkylation sites (N-methyl/N-ethyl adjacent to an activating group) is 1. The monoisotopic (exact) mass is 439 g/mol. The quantitative estimate of drug-likeness (QED) is 0.548. The fourth-order valence-corrected chi connectivity index (χ4v) is 4.64. The van der Waals surface area contributed by atoms with E-state index in [-0.39, 0.29) is 17.0 Å². The number of halogens is 1. The lowest BCUT2D eigenvalue weighted by Gasteiger charge is -2.35. The van der Waals surface area contributed by atoms with Gasteiger partial charge in [-0.25, -0.2) is 4.39 Å². The average Bonchev–Trinajstić information content (AvgIpc) is 3.23. The number of carbonyl (C=O) groups excluding carboxylic acids is 1. The van der Waals surface area contributed by atoms with E-state index >= 15 is 0 Å². The fourth-order valence-electron chi connectivity index (χ4n) is 3.69. The number of nitrogens with zero attached hydrogens (tertiary/aromatic N) is 5. The Labute approximate surface area is 186 Å². The number of piperazine rings is 1. The predicted molar refractivity (Wildman–Crippen MR) is 121 cm³/mol. The van der Waals surface area contributed by atoms with E-state index in [0.717, 1.165) is 44.0 Å². The predicted octanol–water partition coefficient (Wildman–Crippen LogP) is 3.72. The summed E-state index contributed by atoms with van der Waals surface area (Å²) >= 11 is 1.40. The van der Waals surface area contributed by atoms with Gasteiger partial charge in [-0.05, 0) is 49.9 Å². The maximum absolute atomic E-state index is 13.4. The van der Waals surface area contributed by atoms with Gasteiger partial charge >= 0.3 is 0 Å². The Bertz CT molecular complexity index is 1020. The summed E-state index contributed by atoms with van der Waals surface area (Å²) in [5, 5.41) is 9.11. The molecule has 1 amide bonds. The molecule has 0 bridgehead atoms. The minimum Gasteiger partial charge on any atom is -0.339 e. The number of carbonyl (C=O) groups is 1. The summed E-state index contributed by atoms with van der Waals surface area (Å²) in [6, 6.07) is 16.0. The van der Waals surface area contributed by atoms with Crippen LogP contribution in [0.1, 0.15) is 13.8 Å². The average molecular weight is 440 g/mol. The van der Waals surface area contributed by atoms with Gasteiger partial charge in [0.15, 0.2) is 11.0 Å². The molecule has 6 nitrogen and oxygen atoms in total.